The van der Waals surface area contributed by atoms with Crippen LogP contribution < -0.4 is 0 Å². The van der Waals surface area contributed by atoms with Crippen LogP contribution >= 0.6 is 0 Å². The van der Waals surface area contributed by atoms with E-state index in [1.165, 1.54) is 239 Å². The van der Waals surface area contributed by atoms with Gasteiger partial charge in [-0.15, -0.1) is 0 Å². The quantitative estimate of drug-likeness (QED) is 0.0521. The Bertz CT molecular complexity index is 1430. The summed E-state index contributed by atoms with van der Waals surface area (Å²) in [6, 6.07) is 10.1. The Morgan fingerprint density at radius 2 is 0.619 bits per heavy atom. The molecule has 0 amide bonds. The summed E-state index contributed by atoms with van der Waals surface area (Å²) in [5.74, 6) is -2.80. The van der Waals surface area contributed by atoms with Crippen LogP contribution in [0.3, 0.4) is 0 Å². The number of carboxylic acid groups (broad SMARTS) is 2. The largest absolute Gasteiger partial charge is 0.478 e. The predicted molar refractivity (Wildman–Crippen MR) is 268 cm³/mol. The molecule has 2 N–H and O–H groups in total. The normalized spacial score (nSPS) is 11.7. The second-order valence-electron chi connectivity index (χ2n) is 19.2. The van der Waals surface area contributed by atoms with Gasteiger partial charge in [-0.05, 0) is 63.8 Å². The molecule has 0 heterocycles. The smallest absolute Gasteiger partial charge is 0.337 e. The predicted octanol–water partition coefficient (Wildman–Crippen LogP) is 15.0. The molecule has 0 spiro atoms. The number of carboxylic acids is 2. The minimum atomic E-state index is -4.25. The summed E-state index contributed by atoms with van der Waals surface area (Å²) in [4.78, 5) is 21.4. The topological polar surface area (TPSA) is 109 Å². The Hall–Kier alpha value is -2.75. The fourth-order valence-corrected chi connectivity index (χ4v) is 9.30. The molecule has 0 fully saturated rings. The van der Waals surface area contributed by atoms with E-state index in [2.05, 4.69) is 55.9 Å². The lowest BCUT2D eigenvalue weighted by Crippen LogP contribution is -2.39. The third kappa shape index (κ3) is 30.9. The van der Waals surface area contributed by atoms with Crippen molar-refractivity contribution in [2.45, 2.75) is 217 Å². The fraction of sp³-hybridized carbons (Fsp3) is 0.741. The van der Waals surface area contributed by atoms with Crippen LogP contribution in [0.25, 0.3) is 0 Å². The lowest BCUT2D eigenvalue weighted by Gasteiger charge is -2.28. The summed E-state index contributed by atoms with van der Waals surface area (Å²) in [5, 5.41) is 18.1. The van der Waals surface area contributed by atoms with Crippen LogP contribution in [0.1, 0.15) is 228 Å². The third-order valence-electron chi connectivity index (χ3n) is 12.8. The van der Waals surface area contributed by atoms with Crippen LogP contribution in [0, 0.1) is 0 Å². The van der Waals surface area contributed by atoms with E-state index in [0.717, 1.165) is 24.3 Å². The summed E-state index contributed by atoms with van der Waals surface area (Å²) in [6.45, 7) is 14.4. The Morgan fingerprint density at radius 3 is 0.841 bits per heavy atom. The average Bonchev–Trinajstić information content (AvgIpc) is 3.27. The molecule has 0 saturated heterocycles. The van der Waals surface area contributed by atoms with E-state index in [4.69, 9.17) is 10.2 Å². The van der Waals surface area contributed by atoms with Crippen molar-refractivity contribution >= 4 is 21.8 Å². The number of quaternary nitrogens is 2. The molecule has 0 aliphatic carbocycles. The third-order valence-corrected chi connectivity index (χ3v) is 14.6. The maximum atomic E-state index is 12.6. The Balaban J connectivity index is 0.000000915. The maximum absolute atomic E-state index is 12.6. The van der Waals surface area contributed by atoms with E-state index < -0.39 is 42.7 Å². The van der Waals surface area contributed by atoms with E-state index in [0.29, 0.717) is 0 Å². The molecular weight excluding hydrogens is 805 g/mol. The second-order valence-corrected chi connectivity index (χ2v) is 21.1. The van der Waals surface area contributed by atoms with Crippen molar-refractivity contribution in [3.8, 4) is 0 Å². The maximum Gasteiger partial charge on any atom is 0.337 e. The minimum absolute atomic E-state index is 0.405. The minimum Gasteiger partial charge on any atom is -0.478 e. The Kier molecular flexibility index (Phi) is 35.8. The first-order valence-electron chi connectivity index (χ1n) is 25.6. The molecular formula is C54H98N2O6S+2. The molecule has 2 rings (SSSR count). The van der Waals surface area contributed by atoms with Gasteiger partial charge in [0.2, 0.25) is 9.84 Å². The number of hydrogen-bond donors (Lipinski definition) is 2. The number of aromatic carboxylic acids is 2. The van der Waals surface area contributed by atoms with Crippen LogP contribution in [-0.4, -0.2) is 93.9 Å². The van der Waals surface area contributed by atoms with Gasteiger partial charge in [-0.25, -0.2) is 18.0 Å². The van der Waals surface area contributed by atoms with Crippen LogP contribution in [0.2, 0.25) is 0 Å². The number of benzene rings is 2. The molecule has 0 saturated carbocycles. The molecule has 63 heavy (non-hydrogen) atoms. The van der Waals surface area contributed by atoms with Gasteiger partial charge in [-0.3, -0.25) is 0 Å². The molecule has 0 aliphatic rings. The van der Waals surface area contributed by atoms with Gasteiger partial charge in [0.05, 0.1) is 75.3 Å². The molecule has 2 aromatic rings. The van der Waals surface area contributed by atoms with Gasteiger partial charge in [0.15, 0.2) is 0 Å². The van der Waals surface area contributed by atoms with Crippen LogP contribution in [-0.2, 0) is 9.84 Å². The number of carbonyl (C=O) groups is 2. The van der Waals surface area contributed by atoms with Gasteiger partial charge in [-0.1, -0.05) is 192 Å². The molecule has 0 aliphatic heterocycles. The highest BCUT2D eigenvalue weighted by Crippen LogP contribution is 2.27. The second kappa shape index (κ2) is 37.5. The van der Waals surface area contributed by atoms with E-state index >= 15 is 0 Å². The number of rotatable bonds is 36. The van der Waals surface area contributed by atoms with Crippen molar-refractivity contribution < 1.29 is 37.2 Å². The van der Waals surface area contributed by atoms with Crippen molar-refractivity contribution in [1.82, 2.24) is 0 Å². The zero-order chi connectivity index (χ0) is 47.2. The average molecular weight is 903 g/mol. The van der Waals surface area contributed by atoms with Crippen molar-refractivity contribution in [3.05, 3.63) is 59.7 Å². The number of sulfone groups is 1. The van der Waals surface area contributed by atoms with Crippen molar-refractivity contribution in [2.75, 3.05) is 54.4 Å². The van der Waals surface area contributed by atoms with Crippen molar-refractivity contribution in [2.24, 2.45) is 0 Å². The van der Waals surface area contributed by atoms with Gasteiger partial charge >= 0.3 is 11.9 Å². The highest BCUT2D eigenvalue weighted by atomic mass is 32.2. The van der Waals surface area contributed by atoms with E-state index in [1.54, 1.807) is 0 Å². The highest BCUT2D eigenvalue weighted by molar-refractivity contribution is 7.91. The zero-order valence-electron chi connectivity index (χ0n) is 42.1. The number of unbranched alkanes of at least 4 members (excludes halogenated alkanes) is 26. The first-order valence-corrected chi connectivity index (χ1v) is 27.1. The SMILES string of the molecule is CCCCCCCCCCCCCCCC[N+](C)(C)CC.CCCCCCCCCCCCCCCC[N+](C)(C)CC.O=C(O)c1ccccc1S(=O)(=O)c1ccccc1C(=O)O. The number of nitrogens with zero attached hydrogens (tertiary/aromatic N) is 2. The van der Waals surface area contributed by atoms with Gasteiger partial charge in [0, 0.05) is 0 Å². The van der Waals surface area contributed by atoms with Crippen LogP contribution in [0.4, 0.5) is 0 Å². The van der Waals surface area contributed by atoms with Crippen molar-refractivity contribution in [3.63, 3.8) is 0 Å². The summed E-state index contributed by atoms with van der Waals surface area (Å²) in [7, 11) is 5.15. The monoisotopic (exact) mass is 903 g/mol. The van der Waals surface area contributed by atoms with Gasteiger partial charge in [-0.2, -0.15) is 0 Å². The van der Waals surface area contributed by atoms with E-state index in [1.807, 2.05) is 0 Å². The van der Waals surface area contributed by atoms with E-state index in [-0.39, 0.29) is 0 Å². The van der Waals surface area contributed by atoms with Crippen molar-refractivity contribution in [1.29, 1.82) is 0 Å². The molecule has 0 aromatic heterocycles. The first kappa shape index (κ1) is 60.2. The molecule has 8 nitrogen and oxygen atoms in total. The van der Waals surface area contributed by atoms with E-state index in [9.17, 15) is 18.0 Å². The molecule has 9 heteroatoms. The lowest BCUT2D eigenvalue weighted by molar-refractivity contribution is -0.888. The molecule has 0 radical (unpaired) electrons. The Labute approximate surface area is 388 Å². The van der Waals surface area contributed by atoms with Crippen LogP contribution in [0.15, 0.2) is 58.3 Å². The highest BCUT2D eigenvalue weighted by Gasteiger charge is 2.28. The molecule has 0 atom stereocenters. The van der Waals surface area contributed by atoms with Gasteiger partial charge in [0.25, 0.3) is 0 Å². The zero-order valence-corrected chi connectivity index (χ0v) is 42.9. The van der Waals surface area contributed by atoms with Gasteiger partial charge in [0.1, 0.15) is 0 Å². The Morgan fingerprint density at radius 1 is 0.397 bits per heavy atom. The molecule has 364 valence electrons. The summed E-state index contributed by atoms with van der Waals surface area (Å²) < 4.78 is 27.5. The molecule has 2 aromatic carbocycles. The molecule has 0 bridgehead atoms. The van der Waals surface area contributed by atoms with Gasteiger partial charge < -0.3 is 19.2 Å². The standard InChI is InChI=1S/2C20H44N.C14H10O6S/c2*1-5-7-8-9-10-11-12-13-14-15-16-17-18-19-20-21(3,4)6-2;15-13(16)9-5-1-3-7-11(9)21(19,20)12-8-4-2-6-10(12)14(17)18/h2*5-20H2,1-4H3;1-8H,(H,15,16)(H,17,18)/q2*+1;. The summed E-state index contributed by atoms with van der Waals surface area (Å²) >= 11 is 0. The first-order chi connectivity index (χ1) is 30.1. The summed E-state index contributed by atoms with van der Waals surface area (Å²) in [6.07, 6.45) is 40.8. The fourth-order valence-electron chi connectivity index (χ4n) is 7.66. The lowest BCUT2D eigenvalue weighted by atomic mass is 10.0. The summed E-state index contributed by atoms with van der Waals surface area (Å²) in [5.41, 5.74) is -0.810. The number of hydrogen-bond acceptors (Lipinski definition) is 4. The molecule has 0 unspecified atom stereocenters. The van der Waals surface area contributed by atoms with Crippen LogP contribution in [0.5, 0.6) is 0 Å².